The molecule has 0 saturated carbocycles. The lowest BCUT2D eigenvalue weighted by atomic mass is 10.1. The van der Waals surface area contributed by atoms with Gasteiger partial charge in [-0.1, -0.05) is 6.07 Å². The number of amides is 1. The number of hydrogen-bond acceptors (Lipinski definition) is 3. The average Bonchev–Trinajstić information content (AvgIpc) is 2.89. The third-order valence-corrected chi connectivity index (χ3v) is 2.93. The first-order chi connectivity index (χ1) is 9.56. The highest BCUT2D eigenvalue weighted by Crippen LogP contribution is 2.13. The zero-order valence-corrected chi connectivity index (χ0v) is 10.6. The molecule has 1 amide bonds. The Balaban J connectivity index is 2.07. The monoisotopic (exact) mass is 279 g/mol. The van der Waals surface area contributed by atoms with Crippen molar-refractivity contribution in [2.45, 2.75) is 12.5 Å². The number of carboxylic acids is 1. The number of rotatable bonds is 4. The summed E-state index contributed by atoms with van der Waals surface area (Å²) in [6, 6.07) is 3.87. The van der Waals surface area contributed by atoms with Gasteiger partial charge in [0.1, 0.15) is 5.82 Å². The number of carbonyl (C=O) groups excluding carboxylic acids is 1. The largest absolute Gasteiger partial charge is 0.478 e. The van der Waals surface area contributed by atoms with Gasteiger partial charge in [0.2, 0.25) is 0 Å². The predicted octanol–water partition coefficient (Wildman–Crippen LogP) is 1.44. The fourth-order valence-corrected chi connectivity index (χ4v) is 1.88. The molecular formula is C14H14FNO4. The van der Waals surface area contributed by atoms with Crippen LogP contribution in [-0.4, -0.2) is 36.2 Å². The van der Waals surface area contributed by atoms with E-state index < -0.39 is 11.8 Å². The third kappa shape index (κ3) is 3.64. The molecule has 1 aromatic carbocycles. The smallest absolute Gasteiger partial charge is 0.328 e. The molecule has 5 nitrogen and oxygen atoms in total. The van der Waals surface area contributed by atoms with E-state index in [4.69, 9.17) is 9.84 Å². The van der Waals surface area contributed by atoms with Crippen LogP contribution in [0.15, 0.2) is 24.3 Å². The highest BCUT2D eigenvalue weighted by molar-refractivity contribution is 5.94. The molecular weight excluding hydrogens is 265 g/mol. The summed E-state index contributed by atoms with van der Waals surface area (Å²) in [6.07, 6.45) is 2.73. The maximum absolute atomic E-state index is 13.7. The van der Waals surface area contributed by atoms with Crippen LogP contribution in [0.1, 0.15) is 22.3 Å². The molecule has 106 valence electrons. The molecule has 1 aromatic rings. The van der Waals surface area contributed by atoms with Gasteiger partial charge in [-0.2, -0.15) is 0 Å². The van der Waals surface area contributed by atoms with Gasteiger partial charge in [0, 0.05) is 23.8 Å². The van der Waals surface area contributed by atoms with E-state index in [0.717, 1.165) is 24.6 Å². The van der Waals surface area contributed by atoms with Gasteiger partial charge in [-0.25, -0.2) is 9.18 Å². The van der Waals surface area contributed by atoms with E-state index in [2.05, 4.69) is 5.32 Å². The first-order valence-corrected chi connectivity index (χ1v) is 6.15. The minimum atomic E-state index is -1.16. The third-order valence-electron chi connectivity index (χ3n) is 2.93. The van der Waals surface area contributed by atoms with E-state index >= 15 is 0 Å². The average molecular weight is 279 g/mol. The summed E-state index contributed by atoms with van der Waals surface area (Å²) in [6.45, 7) is 1.08. The Bertz CT molecular complexity index is 550. The van der Waals surface area contributed by atoms with Crippen molar-refractivity contribution >= 4 is 18.0 Å². The standard InChI is InChI=1S/C14H14FNO4/c15-12-7-10(2-1-9(12)3-4-13(17)18)14(19)16-11-5-6-20-8-11/h1-4,7,11H,5-6,8H2,(H,16,19)(H,17,18)/b4-3+. The second-order valence-corrected chi connectivity index (χ2v) is 4.44. The highest BCUT2D eigenvalue weighted by Gasteiger charge is 2.19. The Kier molecular flexibility index (Phi) is 4.47. The Hall–Kier alpha value is -2.21. The summed E-state index contributed by atoms with van der Waals surface area (Å²) in [5.74, 6) is -2.17. The van der Waals surface area contributed by atoms with Crippen molar-refractivity contribution in [3.63, 3.8) is 0 Å². The first kappa shape index (κ1) is 14.2. The molecule has 1 saturated heterocycles. The normalized spacial score (nSPS) is 18.4. The molecule has 1 heterocycles. The summed E-state index contributed by atoms with van der Waals surface area (Å²) >= 11 is 0. The van der Waals surface area contributed by atoms with Gasteiger partial charge in [-0.3, -0.25) is 4.79 Å². The lowest BCUT2D eigenvalue weighted by Crippen LogP contribution is -2.35. The fraction of sp³-hybridized carbons (Fsp3) is 0.286. The predicted molar refractivity (Wildman–Crippen MR) is 69.8 cm³/mol. The lowest BCUT2D eigenvalue weighted by molar-refractivity contribution is -0.131. The van der Waals surface area contributed by atoms with Crippen LogP contribution in [0.3, 0.4) is 0 Å². The number of halogens is 1. The summed E-state index contributed by atoms with van der Waals surface area (Å²) in [4.78, 5) is 22.3. The van der Waals surface area contributed by atoms with Crippen LogP contribution in [0.4, 0.5) is 4.39 Å². The number of aliphatic carboxylic acids is 1. The van der Waals surface area contributed by atoms with E-state index in [0.29, 0.717) is 13.2 Å². The number of carboxylic acid groups (broad SMARTS) is 1. The van der Waals surface area contributed by atoms with E-state index in [-0.39, 0.29) is 23.1 Å². The van der Waals surface area contributed by atoms with E-state index in [1.165, 1.54) is 12.1 Å². The molecule has 20 heavy (non-hydrogen) atoms. The summed E-state index contributed by atoms with van der Waals surface area (Å²) in [5.41, 5.74) is 0.315. The summed E-state index contributed by atoms with van der Waals surface area (Å²) in [7, 11) is 0. The van der Waals surface area contributed by atoms with Gasteiger partial charge in [-0.05, 0) is 24.6 Å². The minimum absolute atomic E-state index is 0.0443. The molecule has 6 heteroatoms. The summed E-state index contributed by atoms with van der Waals surface area (Å²) < 4.78 is 18.9. The zero-order chi connectivity index (χ0) is 14.5. The maximum atomic E-state index is 13.7. The van der Waals surface area contributed by atoms with Gasteiger partial charge in [-0.15, -0.1) is 0 Å². The van der Waals surface area contributed by atoms with Gasteiger partial charge < -0.3 is 15.2 Å². The maximum Gasteiger partial charge on any atom is 0.328 e. The molecule has 0 spiro atoms. The SMILES string of the molecule is O=C(O)/C=C/c1ccc(C(=O)NC2CCOC2)cc1F. The number of ether oxygens (including phenoxy) is 1. The van der Waals surface area contributed by atoms with Crippen LogP contribution < -0.4 is 5.32 Å². The highest BCUT2D eigenvalue weighted by atomic mass is 19.1. The molecule has 1 aliphatic rings. The van der Waals surface area contributed by atoms with Crippen molar-refractivity contribution in [2.75, 3.05) is 13.2 Å². The van der Waals surface area contributed by atoms with Crippen molar-refractivity contribution in [1.29, 1.82) is 0 Å². The Morgan fingerprint density at radius 3 is 2.85 bits per heavy atom. The van der Waals surface area contributed by atoms with E-state index in [9.17, 15) is 14.0 Å². The van der Waals surface area contributed by atoms with Gasteiger partial charge in [0.15, 0.2) is 0 Å². The van der Waals surface area contributed by atoms with Gasteiger partial charge in [0.25, 0.3) is 5.91 Å². The fourth-order valence-electron chi connectivity index (χ4n) is 1.88. The van der Waals surface area contributed by atoms with Crippen LogP contribution in [0.2, 0.25) is 0 Å². The summed E-state index contributed by atoms with van der Waals surface area (Å²) in [5, 5.41) is 11.2. The van der Waals surface area contributed by atoms with Crippen molar-refractivity contribution in [3.05, 3.63) is 41.2 Å². The van der Waals surface area contributed by atoms with Crippen molar-refractivity contribution in [1.82, 2.24) is 5.32 Å². The van der Waals surface area contributed by atoms with E-state index in [1.807, 2.05) is 0 Å². The van der Waals surface area contributed by atoms with Crippen LogP contribution in [0.25, 0.3) is 6.08 Å². The molecule has 0 bridgehead atoms. The molecule has 1 atom stereocenters. The van der Waals surface area contributed by atoms with E-state index in [1.54, 1.807) is 0 Å². The number of carbonyl (C=O) groups is 2. The molecule has 1 fully saturated rings. The van der Waals surface area contributed by atoms with Crippen molar-refractivity contribution in [2.24, 2.45) is 0 Å². The second-order valence-electron chi connectivity index (χ2n) is 4.44. The number of hydrogen-bond donors (Lipinski definition) is 2. The Morgan fingerprint density at radius 1 is 1.45 bits per heavy atom. The van der Waals surface area contributed by atoms with Crippen LogP contribution >= 0.6 is 0 Å². The molecule has 0 aromatic heterocycles. The minimum Gasteiger partial charge on any atom is -0.478 e. The molecule has 0 aliphatic carbocycles. The first-order valence-electron chi connectivity index (χ1n) is 6.15. The van der Waals surface area contributed by atoms with Gasteiger partial charge >= 0.3 is 5.97 Å². The number of benzene rings is 1. The van der Waals surface area contributed by atoms with Crippen molar-refractivity contribution < 1.29 is 23.8 Å². The molecule has 1 aliphatic heterocycles. The lowest BCUT2D eigenvalue weighted by Gasteiger charge is -2.10. The van der Waals surface area contributed by atoms with Crippen LogP contribution in [0, 0.1) is 5.82 Å². The molecule has 2 N–H and O–H groups in total. The number of nitrogens with one attached hydrogen (secondary N) is 1. The second kappa shape index (κ2) is 6.29. The molecule has 1 unspecified atom stereocenters. The quantitative estimate of drug-likeness (QED) is 0.818. The Morgan fingerprint density at radius 2 is 2.25 bits per heavy atom. The van der Waals surface area contributed by atoms with Gasteiger partial charge in [0.05, 0.1) is 12.6 Å². The topological polar surface area (TPSA) is 75.6 Å². The van der Waals surface area contributed by atoms with Crippen LogP contribution in [-0.2, 0) is 9.53 Å². The molecule has 0 radical (unpaired) electrons. The van der Waals surface area contributed by atoms with Crippen molar-refractivity contribution in [3.8, 4) is 0 Å². The zero-order valence-electron chi connectivity index (χ0n) is 10.6. The molecule has 2 rings (SSSR count). The van der Waals surface area contributed by atoms with Crippen LogP contribution in [0.5, 0.6) is 0 Å². The Labute approximate surface area is 115 Å².